The molecule has 1 aromatic carbocycles. The zero-order valence-electron chi connectivity index (χ0n) is 13.2. The molecular formula is C19H22FNOS. The summed E-state index contributed by atoms with van der Waals surface area (Å²) >= 11 is 1.78. The lowest BCUT2D eigenvalue weighted by Gasteiger charge is -2.27. The zero-order valence-corrected chi connectivity index (χ0v) is 14.0. The van der Waals surface area contributed by atoms with Crippen LogP contribution in [-0.2, 0) is 4.79 Å². The Morgan fingerprint density at radius 1 is 1.17 bits per heavy atom. The van der Waals surface area contributed by atoms with Gasteiger partial charge in [-0.1, -0.05) is 30.4 Å². The highest BCUT2D eigenvalue weighted by Gasteiger charge is 2.41. The highest BCUT2D eigenvalue weighted by molar-refractivity contribution is 7.99. The second-order valence-corrected chi connectivity index (χ2v) is 8.19. The van der Waals surface area contributed by atoms with E-state index in [0.29, 0.717) is 17.7 Å². The van der Waals surface area contributed by atoms with Crippen LogP contribution in [0.15, 0.2) is 36.4 Å². The highest BCUT2D eigenvalue weighted by Crippen LogP contribution is 2.44. The number of amides is 1. The van der Waals surface area contributed by atoms with Gasteiger partial charge in [0.2, 0.25) is 5.91 Å². The molecule has 1 amide bonds. The van der Waals surface area contributed by atoms with Gasteiger partial charge in [-0.3, -0.25) is 4.79 Å². The summed E-state index contributed by atoms with van der Waals surface area (Å²) in [5, 5.41) is 0.161. The van der Waals surface area contributed by atoms with E-state index in [2.05, 4.69) is 12.2 Å². The first-order chi connectivity index (χ1) is 11.2. The molecule has 2 bridgehead atoms. The number of thioether (sulfide) groups is 1. The first kappa shape index (κ1) is 15.3. The van der Waals surface area contributed by atoms with Gasteiger partial charge < -0.3 is 4.90 Å². The summed E-state index contributed by atoms with van der Waals surface area (Å²) in [6.07, 6.45) is 7.55. The second-order valence-electron chi connectivity index (χ2n) is 6.88. The van der Waals surface area contributed by atoms with E-state index in [4.69, 9.17) is 0 Å². The average Bonchev–Trinajstić information content (AvgIpc) is 3.11. The van der Waals surface area contributed by atoms with Gasteiger partial charge in [0.1, 0.15) is 5.82 Å². The largest absolute Gasteiger partial charge is 0.342 e. The lowest BCUT2D eigenvalue weighted by Crippen LogP contribution is -2.39. The van der Waals surface area contributed by atoms with Crippen LogP contribution in [0.1, 0.15) is 30.1 Å². The van der Waals surface area contributed by atoms with Crippen LogP contribution in [0, 0.1) is 23.6 Å². The van der Waals surface area contributed by atoms with Crippen molar-refractivity contribution >= 4 is 17.7 Å². The van der Waals surface area contributed by atoms with Crippen molar-refractivity contribution in [3.05, 3.63) is 47.8 Å². The van der Waals surface area contributed by atoms with Crippen molar-refractivity contribution in [1.82, 2.24) is 4.90 Å². The van der Waals surface area contributed by atoms with Gasteiger partial charge in [-0.2, -0.15) is 11.8 Å². The molecule has 0 spiro atoms. The molecule has 0 radical (unpaired) electrons. The van der Waals surface area contributed by atoms with Crippen LogP contribution >= 0.6 is 11.8 Å². The first-order valence-corrected chi connectivity index (χ1v) is 9.60. The summed E-state index contributed by atoms with van der Waals surface area (Å²) in [5.41, 5.74) is 0.787. The molecule has 3 aliphatic rings. The molecule has 1 aromatic rings. The fourth-order valence-electron chi connectivity index (χ4n) is 4.27. The molecule has 122 valence electrons. The lowest BCUT2D eigenvalue weighted by atomic mass is 9.92. The number of fused-ring (bicyclic) bond motifs is 2. The molecule has 1 saturated carbocycles. The Morgan fingerprint density at radius 3 is 2.78 bits per heavy atom. The summed E-state index contributed by atoms with van der Waals surface area (Å²) in [6.45, 7) is 1.55. The molecular weight excluding hydrogens is 309 g/mol. The predicted octanol–water partition coefficient (Wildman–Crippen LogP) is 4.04. The number of carbonyl (C=O) groups is 1. The number of allylic oxidation sites excluding steroid dienone is 2. The van der Waals surface area contributed by atoms with Gasteiger partial charge in [0.05, 0.1) is 0 Å². The Morgan fingerprint density at radius 2 is 2.04 bits per heavy atom. The Kier molecular flexibility index (Phi) is 4.18. The Hall–Kier alpha value is -1.29. The minimum absolute atomic E-state index is 0.122. The van der Waals surface area contributed by atoms with Crippen molar-refractivity contribution in [2.24, 2.45) is 17.8 Å². The third kappa shape index (κ3) is 2.93. The van der Waals surface area contributed by atoms with E-state index >= 15 is 0 Å². The molecule has 4 atom stereocenters. The van der Waals surface area contributed by atoms with E-state index in [1.165, 1.54) is 6.07 Å². The summed E-state index contributed by atoms with van der Waals surface area (Å²) in [7, 11) is 0. The number of rotatable bonds is 2. The normalized spacial score (nSPS) is 33.0. The third-order valence-corrected chi connectivity index (χ3v) is 6.81. The number of halogens is 1. The van der Waals surface area contributed by atoms with Crippen molar-refractivity contribution in [3.63, 3.8) is 0 Å². The topological polar surface area (TPSA) is 20.3 Å². The minimum Gasteiger partial charge on any atom is -0.342 e. The molecule has 1 aliphatic heterocycles. The summed E-state index contributed by atoms with van der Waals surface area (Å²) in [4.78, 5) is 14.9. The summed E-state index contributed by atoms with van der Waals surface area (Å²) in [5.74, 6) is 2.38. The van der Waals surface area contributed by atoms with Crippen molar-refractivity contribution < 1.29 is 9.18 Å². The minimum atomic E-state index is -0.122. The Balaban J connectivity index is 1.42. The average molecular weight is 331 g/mol. The zero-order chi connectivity index (χ0) is 15.8. The van der Waals surface area contributed by atoms with E-state index in [0.717, 1.165) is 43.7 Å². The standard InChI is InChI=1S/C19H22FNOS/c20-17-4-2-1-3-15(17)18-7-8-21(9-10-23-18)19(22)16-12-13-5-6-14(16)11-13/h1-6,13-14,16,18H,7-12H2. The molecule has 2 nitrogen and oxygen atoms in total. The molecule has 23 heavy (non-hydrogen) atoms. The Bertz CT molecular complexity index is 632. The van der Waals surface area contributed by atoms with Crippen LogP contribution in [-0.4, -0.2) is 29.6 Å². The van der Waals surface area contributed by atoms with Gasteiger partial charge in [0.25, 0.3) is 0 Å². The fourth-order valence-corrected chi connectivity index (χ4v) is 5.53. The van der Waals surface area contributed by atoms with Crippen LogP contribution < -0.4 is 0 Å². The number of hydrogen-bond donors (Lipinski definition) is 0. The monoisotopic (exact) mass is 331 g/mol. The molecule has 4 rings (SSSR count). The smallest absolute Gasteiger partial charge is 0.226 e. The van der Waals surface area contributed by atoms with E-state index < -0.39 is 0 Å². The van der Waals surface area contributed by atoms with Gasteiger partial charge in [0.15, 0.2) is 0 Å². The molecule has 4 heteroatoms. The van der Waals surface area contributed by atoms with Crippen molar-refractivity contribution in [3.8, 4) is 0 Å². The van der Waals surface area contributed by atoms with Crippen LogP contribution in [0.5, 0.6) is 0 Å². The summed E-state index contributed by atoms with van der Waals surface area (Å²) < 4.78 is 14.0. The van der Waals surface area contributed by atoms with Gasteiger partial charge in [-0.25, -0.2) is 4.39 Å². The predicted molar refractivity (Wildman–Crippen MR) is 91.6 cm³/mol. The van der Waals surface area contributed by atoms with E-state index in [9.17, 15) is 9.18 Å². The lowest BCUT2D eigenvalue weighted by molar-refractivity contribution is -0.136. The first-order valence-electron chi connectivity index (χ1n) is 8.55. The third-order valence-electron chi connectivity index (χ3n) is 5.50. The molecule has 0 N–H and O–H groups in total. The van der Waals surface area contributed by atoms with Gasteiger partial charge in [-0.15, -0.1) is 0 Å². The maximum Gasteiger partial charge on any atom is 0.226 e. The molecule has 1 heterocycles. The fraction of sp³-hybridized carbons (Fsp3) is 0.526. The van der Waals surface area contributed by atoms with Crippen LogP contribution in [0.3, 0.4) is 0 Å². The molecule has 0 aromatic heterocycles. The van der Waals surface area contributed by atoms with Crippen LogP contribution in [0.25, 0.3) is 0 Å². The SMILES string of the molecule is O=C(C1CC2C=CC1C2)N1CCSC(c2ccccc2F)CC1. The Labute approximate surface area is 141 Å². The number of carbonyl (C=O) groups excluding carboxylic acids is 1. The van der Waals surface area contributed by atoms with Crippen molar-refractivity contribution in [2.45, 2.75) is 24.5 Å². The van der Waals surface area contributed by atoms with E-state index in [1.807, 2.05) is 17.0 Å². The second kappa shape index (κ2) is 6.31. The number of hydrogen-bond acceptors (Lipinski definition) is 2. The molecule has 1 saturated heterocycles. The van der Waals surface area contributed by atoms with Crippen molar-refractivity contribution in [1.29, 1.82) is 0 Å². The quantitative estimate of drug-likeness (QED) is 0.762. The maximum atomic E-state index is 14.0. The maximum absolute atomic E-state index is 14.0. The number of benzene rings is 1. The van der Waals surface area contributed by atoms with Gasteiger partial charge in [0, 0.05) is 35.6 Å². The molecule has 4 unspecified atom stereocenters. The van der Waals surface area contributed by atoms with Crippen molar-refractivity contribution in [2.75, 3.05) is 18.8 Å². The van der Waals surface area contributed by atoms with Crippen LogP contribution in [0.2, 0.25) is 0 Å². The summed E-state index contributed by atoms with van der Waals surface area (Å²) in [6, 6.07) is 7.05. The van der Waals surface area contributed by atoms with E-state index in [1.54, 1.807) is 17.8 Å². The molecule has 2 aliphatic carbocycles. The van der Waals surface area contributed by atoms with E-state index in [-0.39, 0.29) is 17.0 Å². The van der Waals surface area contributed by atoms with Crippen LogP contribution in [0.4, 0.5) is 4.39 Å². The van der Waals surface area contributed by atoms with Gasteiger partial charge in [-0.05, 0) is 37.2 Å². The number of nitrogens with zero attached hydrogens (tertiary/aromatic N) is 1. The highest BCUT2D eigenvalue weighted by atomic mass is 32.2. The molecule has 2 fully saturated rings. The van der Waals surface area contributed by atoms with Gasteiger partial charge >= 0.3 is 0 Å².